The molecule has 1 aliphatic rings. The molecule has 0 bridgehead atoms. The molecule has 7 nitrogen and oxygen atoms in total. The third kappa shape index (κ3) is 4.84. The molecule has 2 atom stereocenters. The highest BCUT2D eigenvalue weighted by Crippen LogP contribution is 2.30. The van der Waals surface area contributed by atoms with Crippen molar-refractivity contribution in [2.75, 3.05) is 45.7 Å². The number of hydrogen-bond acceptors (Lipinski definition) is 6. The molecule has 2 heterocycles. The minimum atomic E-state index is -0.293. The van der Waals surface area contributed by atoms with Crippen LogP contribution in [0.25, 0.3) is 10.9 Å². The lowest BCUT2D eigenvalue weighted by molar-refractivity contribution is -0.134. The number of ether oxygens (including phenoxy) is 1. The Morgan fingerprint density at radius 2 is 2.06 bits per heavy atom. The van der Waals surface area contributed by atoms with Gasteiger partial charge in [-0.3, -0.25) is 14.7 Å². The van der Waals surface area contributed by atoms with E-state index in [0.717, 1.165) is 35.1 Å². The zero-order valence-electron chi connectivity index (χ0n) is 18.6. The molecule has 1 aliphatic heterocycles. The van der Waals surface area contributed by atoms with Crippen LogP contribution in [0, 0.1) is 0 Å². The van der Waals surface area contributed by atoms with Gasteiger partial charge in [0.15, 0.2) is 6.61 Å². The van der Waals surface area contributed by atoms with Gasteiger partial charge in [0.25, 0.3) is 5.91 Å². The average molecular weight is 435 g/mol. The second-order valence-corrected chi connectivity index (χ2v) is 8.18. The van der Waals surface area contributed by atoms with Crippen molar-refractivity contribution in [1.82, 2.24) is 14.8 Å². The molecule has 1 aromatic heterocycles. The summed E-state index contributed by atoms with van der Waals surface area (Å²) in [7, 11) is 3.67. The van der Waals surface area contributed by atoms with E-state index < -0.39 is 0 Å². The summed E-state index contributed by atoms with van der Waals surface area (Å²) in [6.45, 7) is 2.08. The number of nitrogens with zero attached hydrogens (tertiary/aromatic N) is 3. The summed E-state index contributed by atoms with van der Waals surface area (Å²) < 4.78 is 5.96. The lowest BCUT2D eigenvalue weighted by Crippen LogP contribution is -2.40. The van der Waals surface area contributed by atoms with Crippen LogP contribution < -0.4 is 10.1 Å². The number of amides is 1. The molecule has 0 unspecified atom stereocenters. The van der Waals surface area contributed by atoms with Gasteiger partial charge >= 0.3 is 0 Å². The number of nitrogens with one attached hydrogen (secondary N) is 1. The molecule has 1 saturated heterocycles. The molecule has 32 heavy (non-hydrogen) atoms. The molecule has 4 rings (SSSR count). The predicted octanol–water partition coefficient (Wildman–Crippen LogP) is 2.92. The maximum Gasteiger partial charge on any atom is 0.260 e. The van der Waals surface area contributed by atoms with Gasteiger partial charge in [-0.05, 0) is 36.2 Å². The van der Waals surface area contributed by atoms with Crippen molar-refractivity contribution in [1.29, 1.82) is 0 Å². The van der Waals surface area contributed by atoms with Crippen LogP contribution in [0.15, 0.2) is 60.8 Å². The second kappa shape index (κ2) is 9.97. The zero-order chi connectivity index (χ0) is 22.5. The number of aliphatic hydroxyl groups is 1. The first-order valence-corrected chi connectivity index (χ1v) is 11.0. The van der Waals surface area contributed by atoms with Crippen LogP contribution in [0.2, 0.25) is 0 Å². The average Bonchev–Trinajstić information content (AvgIpc) is 3.25. The van der Waals surface area contributed by atoms with Crippen LogP contribution >= 0.6 is 0 Å². The van der Waals surface area contributed by atoms with E-state index in [0.29, 0.717) is 18.8 Å². The van der Waals surface area contributed by atoms with E-state index >= 15 is 0 Å². The molecule has 0 saturated carbocycles. The first-order chi connectivity index (χ1) is 15.6. The van der Waals surface area contributed by atoms with Gasteiger partial charge in [0.2, 0.25) is 0 Å². The maximum absolute atomic E-state index is 13.1. The molecule has 1 fully saturated rings. The summed E-state index contributed by atoms with van der Waals surface area (Å²) >= 11 is 0. The van der Waals surface area contributed by atoms with Crippen molar-refractivity contribution in [3.05, 3.63) is 66.4 Å². The van der Waals surface area contributed by atoms with Gasteiger partial charge in [-0.2, -0.15) is 0 Å². The largest absolute Gasteiger partial charge is 0.483 e. The molecular formula is C25H30N4O3. The second-order valence-electron chi connectivity index (χ2n) is 8.18. The monoisotopic (exact) mass is 434 g/mol. The number of rotatable bonds is 8. The Bertz CT molecular complexity index is 1060. The molecule has 7 heteroatoms. The number of likely N-dealkylation sites (N-methyl/N-ethyl adjacent to an activating group) is 1. The van der Waals surface area contributed by atoms with E-state index in [1.54, 1.807) is 11.1 Å². The topological polar surface area (TPSA) is 77.9 Å². The molecule has 3 aromatic rings. The summed E-state index contributed by atoms with van der Waals surface area (Å²) in [5, 5.41) is 13.9. The van der Waals surface area contributed by atoms with E-state index in [1.807, 2.05) is 68.7 Å². The first-order valence-electron chi connectivity index (χ1n) is 11.0. The number of pyridine rings is 1. The zero-order valence-corrected chi connectivity index (χ0v) is 18.6. The minimum absolute atomic E-state index is 0.0641. The van der Waals surface area contributed by atoms with Gasteiger partial charge in [0, 0.05) is 45.3 Å². The number of aliphatic hydroxyl groups excluding tert-OH is 1. The Hall–Kier alpha value is -3.16. The highest BCUT2D eigenvalue weighted by atomic mass is 16.5. The fraction of sp³-hybridized carbons (Fsp3) is 0.360. The molecule has 0 radical (unpaired) electrons. The Morgan fingerprint density at radius 3 is 2.78 bits per heavy atom. The van der Waals surface area contributed by atoms with Crippen LogP contribution in [0.3, 0.4) is 0 Å². The third-order valence-electron chi connectivity index (χ3n) is 6.07. The van der Waals surface area contributed by atoms with E-state index in [9.17, 15) is 9.90 Å². The van der Waals surface area contributed by atoms with E-state index in [2.05, 4.69) is 15.2 Å². The lowest BCUT2D eigenvalue weighted by Gasteiger charge is -2.32. The normalized spacial score (nSPS) is 17.3. The van der Waals surface area contributed by atoms with Gasteiger partial charge < -0.3 is 20.1 Å². The Kier molecular flexibility index (Phi) is 6.87. The molecule has 2 N–H and O–H groups in total. The molecular weight excluding hydrogens is 404 g/mol. The van der Waals surface area contributed by atoms with Crippen LogP contribution in [-0.4, -0.2) is 72.2 Å². The Morgan fingerprint density at radius 1 is 1.25 bits per heavy atom. The predicted molar refractivity (Wildman–Crippen MR) is 126 cm³/mol. The molecule has 0 spiro atoms. The van der Waals surface area contributed by atoms with Crippen molar-refractivity contribution in [2.45, 2.75) is 18.6 Å². The van der Waals surface area contributed by atoms with E-state index in [4.69, 9.17) is 4.74 Å². The number of carbonyl (C=O) groups is 1. The minimum Gasteiger partial charge on any atom is -0.483 e. The number of carbonyl (C=O) groups excluding carboxylic acids is 1. The summed E-state index contributed by atoms with van der Waals surface area (Å²) in [6, 6.07) is 17.5. The number of likely N-dealkylation sites (tertiary alicyclic amines) is 1. The molecule has 2 aromatic carbocycles. The van der Waals surface area contributed by atoms with Crippen LogP contribution in [0.4, 0.5) is 5.69 Å². The summed E-state index contributed by atoms with van der Waals surface area (Å²) in [4.78, 5) is 21.5. The number of fused-ring (bicyclic) bond motifs is 1. The van der Waals surface area contributed by atoms with Crippen LogP contribution in [0.5, 0.6) is 5.75 Å². The number of benzene rings is 2. The lowest BCUT2D eigenvalue weighted by atomic mass is 10.0. The summed E-state index contributed by atoms with van der Waals surface area (Å²) in [5.74, 6) is 0.529. The van der Waals surface area contributed by atoms with Gasteiger partial charge in [-0.1, -0.05) is 30.3 Å². The highest BCUT2D eigenvalue weighted by Gasteiger charge is 2.28. The van der Waals surface area contributed by atoms with Crippen LogP contribution in [0.1, 0.15) is 18.0 Å². The fourth-order valence-corrected chi connectivity index (χ4v) is 4.24. The van der Waals surface area contributed by atoms with Gasteiger partial charge in [0.1, 0.15) is 5.75 Å². The standard InChI is InChI=1S/C25H30N4O3/c1-26-21-10-11-23(20-9-6-13-27-25(20)21)32-17-24(31)28(2)22(18-7-4-3-5-8-18)16-29-14-12-19(30)15-29/h3-11,13,19,22,26,30H,12,14-17H2,1-2H3/t19-,22+/m0/s1. The van der Waals surface area contributed by atoms with E-state index in [-0.39, 0.29) is 24.7 Å². The van der Waals surface area contributed by atoms with Crippen molar-refractivity contribution in [3.63, 3.8) is 0 Å². The first kappa shape index (κ1) is 22.0. The fourth-order valence-electron chi connectivity index (χ4n) is 4.24. The quantitative estimate of drug-likeness (QED) is 0.568. The van der Waals surface area contributed by atoms with Crippen molar-refractivity contribution in [3.8, 4) is 5.75 Å². The molecule has 168 valence electrons. The van der Waals surface area contributed by atoms with Crippen molar-refractivity contribution >= 4 is 22.5 Å². The van der Waals surface area contributed by atoms with Crippen molar-refractivity contribution in [2.24, 2.45) is 0 Å². The Labute approximate surface area is 188 Å². The van der Waals surface area contributed by atoms with E-state index in [1.165, 1.54) is 0 Å². The third-order valence-corrected chi connectivity index (χ3v) is 6.07. The number of anilines is 1. The highest BCUT2D eigenvalue weighted by molar-refractivity contribution is 5.94. The summed E-state index contributed by atoms with van der Waals surface area (Å²) in [5.41, 5.74) is 2.79. The van der Waals surface area contributed by atoms with Gasteiger partial charge in [0.05, 0.1) is 23.3 Å². The molecule has 1 amide bonds. The van der Waals surface area contributed by atoms with Crippen LogP contribution in [-0.2, 0) is 4.79 Å². The maximum atomic E-state index is 13.1. The Balaban J connectivity index is 1.49. The number of β-amino-alcohol motifs (C(OH)–C–C–N with tert-alkyl or cyclic N) is 1. The molecule has 0 aliphatic carbocycles. The SMILES string of the molecule is CNc1ccc(OCC(=O)N(C)[C@H](CN2CC[C@H](O)C2)c2ccccc2)c2cccnc12. The number of aromatic nitrogens is 1. The smallest absolute Gasteiger partial charge is 0.260 e. The summed E-state index contributed by atoms with van der Waals surface area (Å²) in [6.07, 6.45) is 2.22. The van der Waals surface area contributed by atoms with Gasteiger partial charge in [-0.15, -0.1) is 0 Å². The van der Waals surface area contributed by atoms with Crippen molar-refractivity contribution < 1.29 is 14.6 Å². The van der Waals surface area contributed by atoms with Gasteiger partial charge in [-0.25, -0.2) is 0 Å². The number of hydrogen-bond donors (Lipinski definition) is 2.